The molecule has 8 heterocycles. The summed E-state index contributed by atoms with van der Waals surface area (Å²) in [5, 5.41) is 29.9. The Labute approximate surface area is 465 Å². The second-order valence-electron chi connectivity index (χ2n) is 21.2. The number of hydrogen-bond acceptors (Lipinski definition) is 15. The molecule has 3 aromatic carbocycles. The normalized spacial score (nSPS) is 20.4. The summed E-state index contributed by atoms with van der Waals surface area (Å²) in [6.45, 7) is 9.77. The lowest BCUT2D eigenvalue weighted by molar-refractivity contribution is -0.141. The zero-order valence-corrected chi connectivity index (χ0v) is 45.7. The number of carbonyl (C=O) groups excluding carboxylic acids is 3. The highest BCUT2D eigenvalue weighted by molar-refractivity contribution is 7.80. The number of aryl methyl sites for hydroxylation is 1. The van der Waals surface area contributed by atoms with E-state index in [-0.39, 0.29) is 62.5 Å². The van der Waals surface area contributed by atoms with E-state index in [4.69, 9.17) is 4.52 Å². The summed E-state index contributed by atoms with van der Waals surface area (Å²) >= 11 is -1.30. The largest absolute Gasteiger partial charge is 0.394 e. The van der Waals surface area contributed by atoms with Crippen molar-refractivity contribution in [3.05, 3.63) is 130 Å². The van der Waals surface area contributed by atoms with E-state index in [1.807, 2.05) is 69.3 Å². The highest BCUT2D eigenvalue weighted by atomic mass is 32.2. The zero-order valence-electron chi connectivity index (χ0n) is 44.0. The van der Waals surface area contributed by atoms with Gasteiger partial charge in [-0.15, -0.1) is 11.3 Å². The number of nitrogens with one attached hydrogen (secondary N) is 2. The van der Waals surface area contributed by atoms with Gasteiger partial charge in [-0.05, 0) is 66.3 Å². The van der Waals surface area contributed by atoms with Gasteiger partial charge in [0, 0.05) is 105 Å². The minimum Gasteiger partial charge on any atom is -0.394 e. The Balaban J connectivity index is 0.687. The van der Waals surface area contributed by atoms with Gasteiger partial charge >= 0.3 is 0 Å². The first kappa shape index (κ1) is 54.9. The quantitative estimate of drug-likeness (QED) is 0.0477. The summed E-state index contributed by atoms with van der Waals surface area (Å²) in [7, 11) is 0. The van der Waals surface area contributed by atoms with Gasteiger partial charge in [0.15, 0.2) is 17.4 Å². The maximum Gasteiger partial charge on any atom is 0.277 e. The van der Waals surface area contributed by atoms with E-state index in [2.05, 4.69) is 40.1 Å². The van der Waals surface area contributed by atoms with Crippen molar-refractivity contribution < 1.29 is 51.1 Å². The van der Waals surface area contributed by atoms with E-state index < -0.39 is 76.1 Å². The summed E-state index contributed by atoms with van der Waals surface area (Å²) in [5.74, 6) is -4.32. The van der Waals surface area contributed by atoms with Gasteiger partial charge in [0.2, 0.25) is 17.6 Å². The van der Waals surface area contributed by atoms with Crippen LogP contribution in [0.15, 0.2) is 95.2 Å². The predicted octanol–water partition coefficient (Wildman–Crippen LogP) is 6.62. The molecule has 2 amide bonds. The molecule has 1 unspecified atom stereocenters. The minimum absolute atomic E-state index is 0.0194. The number of aromatic amines is 1. The van der Waals surface area contributed by atoms with Crippen LogP contribution in [0.4, 0.5) is 30.4 Å². The molecule has 0 bridgehead atoms. The molecule has 0 radical (unpaired) electrons. The van der Waals surface area contributed by atoms with Crippen molar-refractivity contribution in [3.8, 4) is 21.6 Å². The molecule has 80 heavy (non-hydrogen) atoms. The molecule has 4 aromatic heterocycles. The molecule has 4 saturated heterocycles. The van der Waals surface area contributed by atoms with Crippen LogP contribution in [0, 0.1) is 24.5 Å². The van der Waals surface area contributed by atoms with Gasteiger partial charge in [0.05, 0.1) is 46.9 Å². The van der Waals surface area contributed by atoms with Crippen LogP contribution in [0.2, 0.25) is 0 Å². The Morgan fingerprint density at radius 1 is 0.925 bits per heavy atom. The number of benzene rings is 3. The summed E-state index contributed by atoms with van der Waals surface area (Å²) in [6, 6.07) is 19.4. The first-order valence-electron chi connectivity index (χ1n) is 26.6. The van der Waals surface area contributed by atoms with Gasteiger partial charge < -0.3 is 39.7 Å². The number of thiazole rings is 1. The van der Waals surface area contributed by atoms with Gasteiger partial charge in [0.1, 0.15) is 35.3 Å². The number of β-amino-alcohol motifs (C(OH)–C–C–N with tert-alkyl or cyclic N) is 1. The fourth-order valence-corrected chi connectivity index (χ4v) is 12.9. The van der Waals surface area contributed by atoms with Crippen molar-refractivity contribution in [2.24, 2.45) is 5.92 Å². The van der Waals surface area contributed by atoms with Crippen molar-refractivity contribution in [2.45, 2.75) is 69.9 Å². The molecule has 4 aliphatic heterocycles. The fraction of sp³-hybridized carbons (Fsp3) is 0.393. The molecule has 0 aliphatic carbocycles. The lowest BCUT2D eigenvalue weighted by Gasteiger charge is -2.48. The number of nitrogens with zero attached hydrogens (tertiary/aromatic N) is 9. The fourth-order valence-electron chi connectivity index (χ4n) is 11.4. The smallest absolute Gasteiger partial charge is 0.277 e. The number of ketones is 1. The summed E-state index contributed by atoms with van der Waals surface area (Å²) in [5.41, 5.74) is 5.66. The molecule has 0 saturated carbocycles. The Kier molecular flexibility index (Phi) is 15.7. The van der Waals surface area contributed by atoms with Crippen LogP contribution in [-0.4, -0.2) is 161 Å². The Bertz CT molecular complexity index is 3440. The van der Waals surface area contributed by atoms with Gasteiger partial charge in [-0.25, -0.2) is 32.4 Å². The highest BCUT2D eigenvalue weighted by Gasteiger charge is 2.45. The number of pyridine rings is 1. The lowest BCUT2D eigenvalue weighted by atomic mass is 9.91. The van der Waals surface area contributed by atoms with Crippen molar-refractivity contribution in [1.29, 1.82) is 0 Å². The number of carbonyl (C=O) groups is 3. The molecule has 420 valence electrons. The van der Waals surface area contributed by atoms with Crippen LogP contribution >= 0.6 is 11.3 Å². The Hall–Kier alpha value is -7.06. The third kappa shape index (κ3) is 10.7. The molecular formula is C56H60F3N11O8S2. The van der Waals surface area contributed by atoms with Gasteiger partial charge in [-0.1, -0.05) is 55.4 Å². The number of hydrazine groups is 1. The molecule has 5 N–H and O–H groups in total. The Morgan fingerprint density at radius 3 is 2.33 bits per heavy atom. The number of H-pyrrole nitrogens is 1. The van der Waals surface area contributed by atoms with Crippen molar-refractivity contribution in [2.75, 3.05) is 79.7 Å². The van der Waals surface area contributed by atoms with Crippen LogP contribution in [0.3, 0.4) is 0 Å². The number of alkyl halides is 1. The summed E-state index contributed by atoms with van der Waals surface area (Å²) < 4.78 is 74.4. The molecule has 7 aromatic rings. The van der Waals surface area contributed by atoms with Crippen LogP contribution in [0.5, 0.6) is 0 Å². The average molecular weight is 1140 g/mol. The molecule has 24 heteroatoms. The minimum atomic E-state index is -2.84. The van der Waals surface area contributed by atoms with E-state index >= 15 is 8.78 Å². The zero-order chi connectivity index (χ0) is 56.1. The van der Waals surface area contributed by atoms with Crippen LogP contribution in [0.25, 0.3) is 32.6 Å². The van der Waals surface area contributed by atoms with Crippen molar-refractivity contribution >= 4 is 68.4 Å². The summed E-state index contributed by atoms with van der Waals surface area (Å²) in [4.78, 5) is 63.2. The Morgan fingerprint density at radius 2 is 1.66 bits per heavy atom. The maximum atomic E-state index is 16.1. The first-order valence-corrected chi connectivity index (χ1v) is 28.5. The third-order valence-electron chi connectivity index (χ3n) is 15.8. The number of aromatic nitrogens is 4. The van der Waals surface area contributed by atoms with Crippen LogP contribution < -0.4 is 19.5 Å². The number of aliphatic hydroxyl groups is 2. The third-order valence-corrected chi connectivity index (χ3v) is 17.5. The number of hydrogen-bond donors (Lipinski definition) is 5. The SMILES string of the molecule is Cc1ncsc1-c1ccc([C@H](CO)NC(=O)[C@@H]2C[C@@H](O)CN2C(=O)[C@@H](c2cc(N3CC(N4CCN(c5ccc(-c6cnc7[nH]cc(C(=O)c8c(F)ccc(N(N9CC[C@@H](F)C9)S(=O)O)c8F)c7c6)cc5)CC4)C3)no2)C(C)C)cc1. The van der Waals surface area contributed by atoms with Gasteiger partial charge in [-0.3, -0.25) is 23.8 Å². The number of likely N-dealkylation sites (tertiary alicyclic amines) is 1. The van der Waals surface area contributed by atoms with Crippen molar-refractivity contribution in [1.82, 2.24) is 40.2 Å². The van der Waals surface area contributed by atoms with E-state index in [9.17, 15) is 37.7 Å². The number of piperazine rings is 1. The summed E-state index contributed by atoms with van der Waals surface area (Å²) in [6.07, 6.45) is 0.854. The van der Waals surface area contributed by atoms with Crippen LogP contribution in [-0.2, 0) is 20.9 Å². The van der Waals surface area contributed by atoms with Crippen molar-refractivity contribution in [3.63, 3.8) is 0 Å². The van der Waals surface area contributed by atoms with E-state index in [0.717, 1.165) is 83.8 Å². The topological polar surface area (TPSA) is 228 Å². The van der Waals surface area contributed by atoms with E-state index in [0.29, 0.717) is 38.2 Å². The molecule has 4 aliphatic rings. The molecule has 11 rings (SSSR count). The molecular weight excluding hydrogens is 1080 g/mol. The van der Waals surface area contributed by atoms with Gasteiger partial charge in [-0.2, -0.15) is 4.41 Å². The lowest BCUT2D eigenvalue weighted by Crippen LogP contribution is -2.63. The average Bonchev–Trinajstić information content (AvgIpc) is 4.34. The van der Waals surface area contributed by atoms with E-state index in [1.54, 1.807) is 23.8 Å². The number of rotatable bonds is 17. The number of fused-ring (bicyclic) bond motifs is 1. The predicted molar refractivity (Wildman–Crippen MR) is 296 cm³/mol. The first-order chi connectivity index (χ1) is 38.5. The molecule has 19 nitrogen and oxygen atoms in total. The maximum absolute atomic E-state index is 16.1. The molecule has 6 atom stereocenters. The monoisotopic (exact) mass is 1140 g/mol. The van der Waals surface area contributed by atoms with Gasteiger partial charge in [0.25, 0.3) is 11.3 Å². The highest BCUT2D eigenvalue weighted by Crippen LogP contribution is 2.37. The number of amides is 2. The second kappa shape index (κ2) is 22.8. The van der Waals surface area contributed by atoms with E-state index in [1.165, 1.54) is 22.4 Å². The molecule has 4 fully saturated rings. The number of anilines is 3. The number of aliphatic hydroxyl groups excluding tert-OH is 2. The molecule has 0 spiro atoms. The standard InChI is InChI=1S/C56H60F3N11O8S2/c1-31(2)49(56(75)69-28-40(72)21-46(69)55(74)63-44(29-71)34-4-6-35(7-5-34)53-32(3)62-30-79-53)47-22-48(64-78-47)67-26-39(27-67)66-18-16-65(17-19-66)38-10-8-33(9-11-38)36-20-41-42(24-61-54(41)60-23-36)52(73)50-43(58)12-13-45(51(50)59)70(80(76)77)68-15-14-37(57)25-68/h4-13,20,22-24,30-31,37,39-40,44,46,49,71-72H,14-19,21,25-29H2,1-3H3,(H,60,61)(H,63,74)(H,76,77)/t37-,40-,44+,46+,49-/m1/s1. The van der Waals surface area contributed by atoms with Crippen LogP contribution in [0.1, 0.15) is 71.6 Å². The number of halogens is 3. The second-order valence-corrected chi connectivity index (χ2v) is 22.8.